The molecule has 4 heteroatoms. The zero-order valence-corrected chi connectivity index (χ0v) is 11.0. The van der Waals surface area contributed by atoms with Crippen LogP contribution in [-0.4, -0.2) is 32.8 Å². The minimum atomic E-state index is -0.0457. The van der Waals surface area contributed by atoms with Crippen LogP contribution in [-0.2, 0) is 0 Å². The van der Waals surface area contributed by atoms with Crippen molar-refractivity contribution in [1.82, 2.24) is 14.7 Å². The van der Waals surface area contributed by atoms with Gasteiger partial charge in [-0.2, -0.15) is 9.78 Å². The lowest BCUT2D eigenvalue weighted by Gasteiger charge is -2.30. The van der Waals surface area contributed by atoms with Crippen LogP contribution in [0.3, 0.4) is 0 Å². The van der Waals surface area contributed by atoms with E-state index in [4.69, 9.17) is 0 Å². The molecule has 16 heavy (non-hydrogen) atoms. The van der Waals surface area contributed by atoms with E-state index < -0.39 is 0 Å². The highest BCUT2D eigenvalue weighted by atomic mass is 16.2. The van der Waals surface area contributed by atoms with Crippen molar-refractivity contribution >= 4 is 6.03 Å². The first kappa shape index (κ1) is 12.7. The minimum Gasteiger partial charge on any atom is -0.318 e. The van der Waals surface area contributed by atoms with Crippen molar-refractivity contribution in [3.63, 3.8) is 0 Å². The molecule has 0 bridgehead atoms. The molecule has 0 aliphatic carbocycles. The Labute approximate surface area is 97.2 Å². The predicted octanol–water partition coefficient (Wildman–Crippen LogP) is 2.59. The molecule has 1 aromatic heterocycles. The van der Waals surface area contributed by atoms with E-state index in [0.29, 0.717) is 0 Å². The van der Waals surface area contributed by atoms with Gasteiger partial charge in [0.05, 0.1) is 5.69 Å². The lowest BCUT2D eigenvalue weighted by atomic mass is 10.2. The Kier molecular flexibility index (Phi) is 3.73. The number of carbonyl (C=O) groups is 1. The number of aromatic nitrogens is 2. The van der Waals surface area contributed by atoms with Crippen molar-refractivity contribution in [3.05, 3.63) is 17.5 Å². The van der Waals surface area contributed by atoms with Crippen molar-refractivity contribution in [2.45, 2.75) is 53.6 Å². The van der Waals surface area contributed by atoms with Gasteiger partial charge in [0.25, 0.3) is 0 Å². The Balaban J connectivity index is 3.04. The van der Waals surface area contributed by atoms with E-state index >= 15 is 0 Å². The second-order valence-corrected chi connectivity index (χ2v) is 4.72. The number of nitrogens with zero attached hydrogens (tertiary/aromatic N) is 3. The van der Waals surface area contributed by atoms with Gasteiger partial charge in [-0.3, -0.25) is 0 Å². The van der Waals surface area contributed by atoms with Crippen LogP contribution in [0.25, 0.3) is 0 Å². The molecule has 0 atom stereocenters. The summed E-state index contributed by atoms with van der Waals surface area (Å²) in [7, 11) is 0. The Hall–Kier alpha value is -1.32. The van der Waals surface area contributed by atoms with E-state index in [9.17, 15) is 4.79 Å². The van der Waals surface area contributed by atoms with Crippen LogP contribution in [0.2, 0.25) is 0 Å². The molecule has 90 valence electrons. The summed E-state index contributed by atoms with van der Waals surface area (Å²) in [5, 5.41) is 4.22. The Morgan fingerprint density at radius 3 is 2.06 bits per heavy atom. The standard InChI is InChI=1S/C12H21N3O/c1-8(2)14(9(3)4)12(16)15-11(6)7-10(5)13-15/h7-9H,1-6H3. The first-order valence-corrected chi connectivity index (χ1v) is 5.70. The maximum Gasteiger partial charge on any atom is 0.345 e. The number of hydrogen-bond donors (Lipinski definition) is 0. The maximum absolute atomic E-state index is 12.3. The summed E-state index contributed by atoms with van der Waals surface area (Å²) in [6, 6.07) is 2.22. The summed E-state index contributed by atoms with van der Waals surface area (Å²) in [6.07, 6.45) is 0. The Bertz CT molecular complexity index is 372. The summed E-state index contributed by atoms with van der Waals surface area (Å²) in [5.41, 5.74) is 1.76. The van der Waals surface area contributed by atoms with Gasteiger partial charge < -0.3 is 4.90 Å². The lowest BCUT2D eigenvalue weighted by Crippen LogP contribution is -2.45. The average Bonchev–Trinajstić information content (AvgIpc) is 2.43. The Morgan fingerprint density at radius 1 is 1.25 bits per heavy atom. The van der Waals surface area contributed by atoms with Gasteiger partial charge in [0.15, 0.2) is 0 Å². The van der Waals surface area contributed by atoms with Crippen LogP contribution in [0.4, 0.5) is 4.79 Å². The number of rotatable bonds is 2. The highest BCUT2D eigenvalue weighted by molar-refractivity contribution is 5.77. The fourth-order valence-corrected chi connectivity index (χ4v) is 1.97. The van der Waals surface area contributed by atoms with Crippen molar-refractivity contribution in [1.29, 1.82) is 0 Å². The SMILES string of the molecule is Cc1cc(C)n(C(=O)N(C(C)C)C(C)C)n1. The molecule has 1 aromatic rings. The third-order valence-electron chi connectivity index (χ3n) is 2.52. The molecule has 0 saturated heterocycles. The van der Waals surface area contributed by atoms with Gasteiger partial charge in [-0.25, -0.2) is 4.79 Å². The minimum absolute atomic E-state index is 0.0457. The topological polar surface area (TPSA) is 38.1 Å². The van der Waals surface area contributed by atoms with E-state index in [1.54, 1.807) is 0 Å². The second-order valence-electron chi connectivity index (χ2n) is 4.72. The van der Waals surface area contributed by atoms with E-state index in [0.717, 1.165) is 11.4 Å². The molecule has 0 spiro atoms. The quantitative estimate of drug-likeness (QED) is 0.773. The summed E-state index contributed by atoms with van der Waals surface area (Å²) in [6.45, 7) is 11.9. The van der Waals surface area contributed by atoms with Gasteiger partial charge in [0, 0.05) is 17.8 Å². The van der Waals surface area contributed by atoms with Crippen LogP contribution in [0.5, 0.6) is 0 Å². The van der Waals surface area contributed by atoms with E-state index in [-0.39, 0.29) is 18.1 Å². The molecule has 0 radical (unpaired) electrons. The van der Waals surface area contributed by atoms with Gasteiger partial charge in [-0.15, -0.1) is 0 Å². The van der Waals surface area contributed by atoms with Gasteiger partial charge in [0.2, 0.25) is 0 Å². The highest BCUT2D eigenvalue weighted by Crippen LogP contribution is 2.10. The van der Waals surface area contributed by atoms with Gasteiger partial charge in [0.1, 0.15) is 0 Å². The largest absolute Gasteiger partial charge is 0.345 e. The molecule has 0 aliphatic heterocycles. The van der Waals surface area contributed by atoms with Crippen molar-refractivity contribution in [3.8, 4) is 0 Å². The van der Waals surface area contributed by atoms with E-state index in [1.165, 1.54) is 4.68 Å². The zero-order chi connectivity index (χ0) is 12.5. The van der Waals surface area contributed by atoms with Crippen LogP contribution >= 0.6 is 0 Å². The highest BCUT2D eigenvalue weighted by Gasteiger charge is 2.23. The monoisotopic (exact) mass is 223 g/mol. The molecule has 0 saturated carbocycles. The summed E-state index contributed by atoms with van der Waals surface area (Å²) in [4.78, 5) is 14.1. The number of carbonyl (C=O) groups excluding carboxylic acids is 1. The fraction of sp³-hybridized carbons (Fsp3) is 0.667. The Morgan fingerprint density at radius 2 is 1.75 bits per heavy atom. The molecule has 0 fully saturated rings. The van der Waals surface area contributed by atoms with Crippen LogP contribution in [0, 0.1) is 13.8 Å². The summed E-state index contributed by atoms with van der Waals surface area (Å²) in [5.74, 6) is 0. The third-order valence-corrected chi connectivity index (χ3v) is 2.52. The van der Waals surface area contributed by atoms with E-state index in [2.05, 4.69) is 5.10 Å². The average molecular weight is 223 g/mol. The number of hydrogen-bond acceptors (Lipinski definition) is 2. The predicted molar refractivity (Wildman–Crippen MR) is 64.6 cm³/mol. The van der Waals surface area contributed by atoms with Gasteiger partial charge in [-0.05, 0) is 47.6 Å². The van der Waals surface area contributed by atoms with Crippen molar-refractivity contribution in [2.75, 3.05) is 0 Å². The third kappa shape index (κ3) is 2.43. The summed E-state index contributed by atoms with van der Waals surface area (Å²) >= 11 is 0. The molecule has 0 aromatic carbocycles. The molecular weight excluding hydrogens is 202 g/mol. The molecule has 1 heterocycles. The van der Waals surface area contributed by atoms with Crippen LogP contribution in [0.1, 0.15) is 39.1 Å². The van der Waals surface area contributed by atoms with Crippen LogP contribution < -0.4 is 0 Å². The normalized spacial score (nSPS) is 11.2. The molecular formula is C12H21N3O. The second kappa shape index (κ2) is 4.68. The van der Waals surface area contributed by atoms with Gasteiger partial charge in [-0.1, -0.05) is 0 Å². The van der Waals surface area contributed by atoms with Crippen molar-refractivity contribution < 1.29 is 4.79 Å². The molecule has 0 aliphatic rings. The maximum atomic E-state index is 12.3. The van der Waals surface area contributed by atoms with Crippen molar-refractivity contribution in [2.24, 2.45) is 0 Å². The lowest BCUT2D eigenvalue weighted by molar-refractivity contribution is 0.163. The van der Waals surface area contributed by atoms with E-state index in [1.807, 2.05) is 52.5 Å². The molecule has 0 unspecified atom stereocenters. The fourth-order valence-electron chi connectivity index (χ4n) is 1.97. The van der Waals surface area contributed by atoms with Gasteiger partial charge >= 0.3 is 6.03 Å². The number of aryl methyl sites for hydroxylation is 2. The molecule has 4 nitrogen and oxygen atoms in total. The zero-order valence-electron chi connectivity index (χ0n) is 11.0. The molecule has 1 amide bonds. The first-order valence-electron chi connectivity index (χ1n) is 5.70. The smallest absolute Gasteiger partial charge is 0.318 e. The first-order chi connectivity index (χ1) is 7.34. The molecule has 0 N–H and O–H groups in total. The number of amides is 1. The molecule has 1 rings (SSSR count). The van der Waals surface area contributed by atoms with Crippen LogP contribution in [0.15, 0.2) is 6.07 Å². The summed E-state index contributed by atoms with van der Waals surface area (Å²) < 4.78 is 1.48.